The average Bonchev–Trinajstić information content (AvgIpc) is 3.08. The number of carbonyl (C=O) groups is 1. The first-order chi connectivity index (χ1) is 10.2. The molecular formula is C12H12N6O2S. The van der Waals surface area contributed by atoms with E-state index < -0.39 is 5.97 Å². The minimum Gasteiger partial charge on any atom is -0.476 e. The molecule has 4 heterocycles. The van der Waals surface area contributed by atoms with Crippen molar-refractivity contribution in [3.8, 4) is 0 Å². The minimum absolute atomic E-state index is 0.0113. The van der Waals surface area contributed by atoms with Crippen LogP contribution in [0.15, 0.2) is 24.0 Å². The molecule has 0 bridgehead atoms. The Morgan fingerprint density at radius 2 is 2.29 bits per heavy atom. The monoisotopic (exact) mass is 304 g/mol. The highest BCUT2D eigenvalue weighted by Gasteiger charge is 2.30. The number of likely N-dealkylation sites (tertiary alicyclic amines) is 1. The number of thiazole rings is 1. The number of hydrogen-bond acceptors (Lipinski definition) is 6. The fourth-order valence-corrected chi connectivity index (χ4v) is 3.19. The number of fused-ring (bicyclic) bond motifs is 1. The second kappa shape index (κ2) is 4.64. The Balaban J connectivity index is 1.38. The summed E-state index contributed by atoms with van der Waals surface area (Å²) in [5.41, 5.74) is 1.04. The number of rotatable bonds is 4. The first kappa shape index (κ1) is 12.5. The van der Waals surface area contributed by atoms with Crippen LogP contribution in [-0.4, -0.2) is 53.4 Å². The predicted molar refractivity (Wildman–Crippen MR) is 74.4 cm³/mol. The molecule has 1 aliphatic rings. The normalized spacial score (nSPS) is 16.4. The summed E-state index contributed by atoms with van der Waals surface area (Å²) in [4.78, 5) is 18.6. The van der Waals surface area contributed by atoms with Gasteiger partial charge in [-0.15, -0.1) is 16.4 Å². The van der Waals surface area contributed by atoms with Crippen LogP contribution in [0, 0.1) is 0 Å². The largest absolute Gasteiger partial charge is 0.476 e. The predicted octanol–water partition coefficient (Wildman–Crippen LogP) is 0.742. The topological polar surface area (TPSA) is 88.5 Å². The van der Waals surface area contributed by atoms with Crippen LogP contribution < -0.4 is 0 Å². The van der Waals surface area contributed by atoms with Gasteiger partial charge >= 0.3 is 5.97 Å². The summed E-state index contributed by atoms with van der Waals surface area (Å²) in [6.07, 6.45) is 5.52. The molecule has 0 amide bonds. The van der Waals surface area contributed by atoms with Crippen molar-refractivity contribution in [1.82, 2.24) is 29.3 Å². The Morgan fingerprint density at radius 3 is 3.00 bits per heavy atom. The molecule has 1 N–H and O–H groups in total. The maximum atomic E-state index is 10.8. The van der Waals surface area contributed by atoms with E-state index in [4.69, 9.17) is 5.11 Å². The molecule has 0 unspecified atom stereocenters. The fraction of sp³-hybridized carbons (Fsp3) is 0.333. The van der Waals surface area contributed by atoms with Gasteiger partial charge in [-0.25, -0.2) is 14.5 Å². The Kier molecular flexibility index (Phi) is 2.76. The molecule has 0 aromatic carbocycles. The molecule has 1 aliphatic heterocycles. The third-order valence-corrected chi connectivity index (χ3v) is 4.34. The summed E-state index contributed by atoms with van der Waals surface area (Å²) < 4.78 is 3.65. The summed E-state index contributed by atoms with van der Waals surface area (Å²) in [6, 6.07) is 0.189. The van der Waals surface area contributed by atoms with Crippen molar-refractivity contribution < 1.29 is 9.90 Å². The van der Waals surface area contributed by atoms with Gasteiger partial charge in [0.25, 0.3) is 0 Å². The Morgan fingerprint density at radius 1 is 1.43 bits per heavy atom. The van der Waals surface area contributed by atoms with Crippen LogP contribution >= 0.6 is 11.3 Å². The number of imidazole rings is 1. The van der Waals surface area contributed by atoms with Crippen LogP contribution in [0.2, 0.25) is 0 Å². The molecule has 3 aromatic rings. The number of carboxylic acid groups (broad SMARTS) is 1. The van der Waals surface area contributed by atoms with Crippen LogP contribution in [0.1, 0.15) is 22.2 Å². The molecule has 1 saturated heterocycles. The van der Waals surface area contributed by atoms with E-state index in [0.29, 0.717) is 0 Å². The van der Waals surface area contributed by atoms with E-state index >= 15 is 0 Å². The molecule has 0 saturated carbocycles. The lowest BCUT2D eigenvalue weighted by Crippen LogP contribution is -2.47. The van der Waals surface area contributed by atoms with E-state index in [1.54, 1.807) is 16.0 Å². The molecule has 108 valence electrons. The molecular weight excluding hydrogens is 292 g/mol. The summed E-state index contributed by atoms with van der Waals surface area (Å²) in [5, 5.41) is 18.3. The molecule has 0 spiro atoms. The lowest BCUT2D eigenvalue weighted by Gasteiger charge is -2.38. The zero-order chi connectivity index (χ0) is 14.4. The minimum atomic E-state index is -1.05. The maximum absolute atomic E-state index is 10.8. The quantitative estimate of drug-likeness (QED) is 0.765. The molecule has 3 aromatic heterocycles. The zero-order valence-electron chi connectivity index (χ0n) is 11.0. The molecule has 0 atom stereocenters. The lowest BCUT2D eigenvalue weighted by atomic mass is 10.1. The summed E-state index contributed by atoms with van der Waals surface area (Å²) in [5.74, 6) is -1.05. The fourth-order valence-electron chi connectivity index (χ4n) is 2.47. The first-order valence-electron chi connectivity index (χ1n) is 6.47. The van der Waals surface area contributed by atoms with E-state index in [9.17, 15) is 4.79 Å². The average molecular weight is 304 g/mol. The van der Waals surface area contributed by atoms with Crippen molar-refractivity contribution in [1.29, 1.82) is 0 Å². The first-order valence-corrected chi connectivity index (χ1v) is 7.35. The Hall–Kier alpha value is -2.26. The molecule has 4 rings (SSSR count). The highest BCUT2D eigenvalue weighted by Crippen LogP contribution is 2.23. The lowest BCUT2D eigenvalue weighted by molar-refractivity contribution is 0.0690. The van der Waals surface area contributed by atoms with Gasteiger partial charge < -0.3 is 5.11 Å². The van der Waals surface area contributed by atoms with Gasteiger partial charge in [0, 0.05) is 37.4 Å². The van der Waals surface area contributed by atoms with Crippen LogP contribution in [0.25, 0.3) is 4.96 Å². The number of nitrogens with zero attached hydrogens (tertiary/aromatic N) is 6. The van der Waals surface area contributed by atoms with Crippen LogP contribution in [0.5, 0.6) is 0 Å². The highest BCUT2D eigenvalue weighted by molar-refractivity contribution is 7.15. The number of hydrogen-bond donors (Lipinski definition) is 1. The van der Waals surface area contributed by atoms with Crippen LogP contribution in [0.4, 0.5) is 0 Å². The third-order valence-electron chi connectivity index (χ3n) is 3.57. The zero-order valence-corrected chi connectivity index (χ0v) is 11.8. The van der Waals surface area contributed by atoms with E-state index in [-0.39, 0.29) is 11.7 Å². The van der Waals surface area contributed by atoms with Crippen molar-refractivity contribution >= 4 is 22.3 Å². The van der Waals surface area contributed by atoms with Gasteiger partial charge in [0.15, 0.2) is 10.7 Å². The molecule has 21 heavy (non-hydrogen) atoms. The number of aromatic nitrogens is 5. The second-order valence-corrected chi connectivity index (χ2v) is 5.93. The van der Waals surface area contributed by atoms with E-state index in [0.717, 1.165) is 30.3 Å². The molecule has 0 aliphatic carbocycles. The van der Waals surface area contributed by atoms with Crippen LogP contribution in [0.3, 0.4) is 0 Å². The van der Waals surface area contributed by atoms with Gasteiger partial charge in [-0.1, -0.05) is 5.21 Å². The second-order valence-electron chi connectivity index (χ2n) is 5.06. The van der Waals surface area contributed by atoms with Crippen molar-refractivity contribution in [3.63, 3.8) is 0 Å². The van der Waals surface area contributed by atoms with Gasteiger partial charge in [0.05, 0.1) is 17.9 Å². The van der Waals surface area contributed by atoms with Gasteiger partial charge in [-0.3, -0.25) is 9.30 Å². The molecule has 9 heteroatoms. The smallest absolute Gasteiger partial charge is 0.358 e. The highest BCUT2D eigenvalue weighted by atomic mass is 32.1. The number of aromatic carboxylic acids is 1. The number of carboxylic acids is 1. The van der Waals surface area contributed by atoms with E-state index in [1.165, 1.54) is 6.20 Å². The van der Waals surface area contributed by atoms with Crippen molar-refractivity contribution in [2.45, 2.75) is 12.6 Å². The standard InChI is InChI=1S/C12H12N6O2S/c19-11(20)10-7-18(15-14-10)9-5-16(6-9)3-8-4-17-1-2-21-12(17)13-8/h1-2,4,7,9H,3,5-6H2,(H,19,20). The Labute approximate surface area is 123 Å². The van der Waals surface area contributed by atoms with Crippen molar-refractivity contribution in [2.75, 3.05) is 13.1 Å². The van der Waals surface area contributed by atoms with Crippen molar-refractivity contribution in [3.05, 3.63) is 35.4 Å². The summed E-state index contributed by atoms with van der Waals surface area (Å²) in [7, 11) is 0. The molecule has 8 nitrogen and oxygen atoms in total. The van der Waals surface area contributed by atoms with E-state index in [2.05, 4.69) is 20.2 Å². The van der Waals surface area contributed by atoms with Gasteiger partial charge in [-0.05, 0) is 0 Å². The molecule has 1 fully saturated rings. The van der Waals surface area contributed by atoms with E-state index in [1.807, 2.05) is 22.2 Å². The van der Waals surface area contributed by atoms with Gasteiger partial charge in [0.1, 0.15) is 0 Å². The molecule has 0 radical (unpaired) electrons. The summed E-state index contributed by atoms with van der Waals surface area (Å²) >= 11 is 1.62. The SMILES string of the molecule is O=C(O)c1cn(C2CN(Cc3cn4ccsc4n3)C2)nn1. The maximum Gasteiger partial charge on any atom is 0.358 e. The van der Waals surface area contributed by atoms with Gasteiger partial charge in [-0.2, -0.15) is 0 Å². The third kappa shape index (κ3) is 2.20. The van der Waals surface area contributed by atoms with Crippen LogP contribution in [-0.2, 0) is 6.54 Å². The Bertz CT molecular complexity index is 771. The van der Waals surface area contributed by atoms with Gasteiger partial charge in [0.2, 0.25) is 0 Å². The summed E-state index contributed by atoms with van der Waals surface area (Å²) in [6.45, 7) is 2.45. The van der Waals surface area contributed by atoms with Crippen molar-refractivity contribution in [2.24, 2.45) is 0 Å².